The molecular weight excluding hydrogens is 388 g/mol. The van der Waals surface area contributed by atoms with Crippen LogP contribution in [-0.4, -0.2) is 20.3 Å². The molecule has 158 valence electrons. The summed E-state index contributed by atoms with van der Waals surface area (Å²) in [5, 5.41) is 9.32. The fourth-order valence-corrected chi connectivity index (χ4v) is 4.84. The highest BCUT2D eigenvalue weighted by Gasteiger charge is 2.22. The molecule has 1 aliphatic rings. The van der Waals surface area contributed by atoms with Crippen LogP contribution in [0, 0.1) is 0 Å². The fourth-order valence-electron chi connectivity index (χ4n) is 4.84. The Hall–Kier alpha value is -3.41. The monoisotopic (exact) mass is 414 g/mol. The molecule has 0 unspecified atom stereocenters. The summed E-state index contributed by atoms with van der Waals surface area (Å²) >= 11 is 0. The molecule has 0 aliphatic heterocycles. The van der Waals surface area contributed by atoms with Crippen LogP contribution in [0.1, 0.15) is 43.4 Å². The Balaban J connectivity index is 1.47. The first kappa shape index (κ1) is 19.5. The Morgan fingerprint density at radius 3 is 2.81 bits per heavy atom. The van der Waals surface area contributed by atoms with Crippen LogP contribution in [-0.2, 0) is 24.3 Å². The number of carbonyl (C=O) groups excluding carboxylic acids is 1. The van der Waals surface area contributed by atoms with Crippen molar-refractivity contribution >= 4 is 27.7 Å². The van der Waals surface area contributed by atoms with Gasteiger partial charge in [-0.3, -0.25) is 9.59 Å². The second-order valence-corrected chi connectivity index (χ2v) is 8.25. The maximum Gasteiger partial charge on any atom is 0.291 e. The number of para-hydroxylation sites is 1. The molecule has 0 saturated heterocycles. The Morgan fingerprint density at radius 1 is 1.13 bits per heavy atom. The molecule has 6 nitrogen and oxygen atoms in total. The number of aromatic nitrogens is 3. The molecule has 1 N–H and O–H groups in total. The molecule has 6 heteroatoms. The van der Waals surface area contributed by atoms with Crippen molar-refractivity contribution in [1.82, 2.24) is 19.7 Å². The summed E-state index contributed by atoms with van der Waals surface area (Å²) in [7, 11) is 0. The van der Waals surface area contributed by atoms with Gasteiger partial charge >= 0.3 is 0 Å². The van der Waals surface area contributed by atoms with Gasteiger partial charge in [0.1, 0.15) is 12.1 Å². The van der Waals surface area contributed by atoms with E-state index < -0.39 is 0 Å². The van der Waals surface area contributed by atoms with E-state index in [2.05, 4.69) is 34.0 Å². The summed E-state index contributed by atoms with van der Waals surface area (Å²) in [4.78, 5) is 26.2. The smallest absolute Gasteiger partial charge is 0.291 e. The van der Waals surface area contributed by atoms with E-state index in [-0.39, 0.29) is 24.1 Å². The van der Waals surface area contributed by atoms with E-state index in [0.29, 0.717) is 5.52 Å². The van der Waals surface area contributed by atoms with E-state index in [1.165, 1.54) is 15.8 Å². The molecule has 2 aromatic heterocycles. The summed E-state index contributed by atoms with van der Waals surface area (Å²) < 4.78 is 3.35. The lowest BCUT2D eigenvalue weighted by atomic mass is 9.88. The third-order valence-corrected chi connectivity index (χ3v) is 6.22. The molecule has 0 spiro atoms. The zero-order valence-corrected chi connectivity index (χ0v) is 17.7. The average molecular weight is 415 g/mol. The van der Waals surface area contributed by atoms with E-state index >= 15 is 0 Å². The summed E-state index contributed by atoms with van der Waals surface area (Å²) in [5.41, 5.74) is 3.90. The van der Waals surface area contributed by atoms with Crippen molar-refractivity contribution in [3.05, 3.63) is 76.2 Å². The molecule has 1 atom stereocenters. The van der Waals surface area contributed by atoms with Gasteiger partial charge in [-0.2, -0.15) is 5.10 Å². The Bertz CT molecular complexity index is 1330. The minimum absolute atomic E-state index is 0.0107. The molecule has 31 heavy (non-hydrogen) atoms. The Labute approximate surface area is 180 Å². The first-order valence-corrected chi connectivity index (χ1v) is 11.0. The minimum atomic E-state index is -0.221. The predicted molar refractivity (Wildman–Crippen MR) is 122 cm³/mol. The van der Waals surface area contributed by atoms with Crippen LogP contribution >= 0.6 is 0 Å². The number of nitrogens with one attached hydrogen (secondary N) is 1. The number of hydrogen-bond acceptors (Lipinski definition) is 3. The van der Waals surface area contributed by atoms with Crippen LogP contribution in [0.4, 0.5) is 0 Å². The summed E-state index contributed by atoms with van der Waals surface area (Å²) in [6, 6.07) is 16.2. The molecule has 0 bridgehead atoms. The maximum atomic E-state index is 13.3. The molecule has 0 fully saturated rings. The quantitative estimate of drug-likeness (QED) is 0.538. The van der Waals surface area contributed by atoms with Crippen LogP contribution in [0.3, 0.4) is 0 Å². The van der Waals surface area contributed by atoms with Crippen LogP contribution < -0.4 is 10.9 Å². The topological polar surface area (TPSA) is 68.9 Å². The molecule has 0 saturated carbocycles. The van der Waals surface area contributed by atoms with Crippen molar-refractivity contribution in [2.45, 2.75) is 51.7 Å². The number of hydrogen-bond donors (Lipinski definition) is 1. The number of amides is 1. The predicted octanol–water partition coefficient (Wildman–Crippen LogP) is 3.96. The SMILES string of the molecule is CCCn1c2ccccc2c2cnn(CC(=O)N[C@@H]3CCCc4ccccc43)c(=O)c21. The molecule has 0 radical (unpaired) electrons. The lowest BCUT2D eigenvalue weighted by Crippen LogP contribution is -2.37. The van der Waals surface area contributed by atoms with Gasteiger partial charge in [-0.05, 0) is 42.9 Å². The number of nitrogens with zero attached hydrogens (tertiary/aromatic N) is 3. The van der Waals surface area contributed by atoms with E-state index in [9.17, 15) is 9.59 Å². The molecular formula is C25H26N4O2. The third kappa shape index (κ3) is 3.42. The molecule has 2 heterocycles. The minimum Gasteiger partial charge on any atom is -0.348 e. The van der Waals surface area contributed by atoms with Crippen molar-refractivity contribution in [3.8, 4) is 0 Å². The van der Waals surface area contributed by atoms with Crippen molar-refractivity contribution in [3.63, 3.8) is 0 Å². The molecule has 1 aliphatic carbocycles. The van der Waals surface area contributed by atoms with Crippen LogP contribution in [0.15, 0.2) is 59.5 Å². The van der Waals surface area contributed by atoms with E-state index in [0.717, 1.165) is 48.5 Å². The van der Waals surface area contributed by atoms with E-state index in [1.807, 2.05) is 36.4 Å². The standard InChI is InChI=1S/C25H26N4O2/c1-2-14-28-22-13-6-5-11-19(22)20-15-26-29(25(31)24(20)28)16-23(30)27-21-12-7-9-17-8-3-4-10-18(17)21/h3-6,8,10-11,13,15,21H,2,7,9,12,14,16H2,1H3,(H,27,30)/t21-/m1/s1. The van der Waals surface area contributed by atoms with Gasteiger partial charge in [-0.25, -0.2) is 4.68 Å². The second-order valence-electron chi connectivity index (χ2n) is 8.25. The lowest BCUT2D eigenvalue weighted by Gasteiger charge is -2.26. The Kier molecular flexibility index (Phi) is 5.06. The summed E-state index contributed by atoms with van der Waals surface area (Å²) in [5.74, 6) is -0.186. The number of rotatable bonds is 5. The highest BCUT2D eigenvalue weighted by molar-refractivity contribution is 6.07. The number of fused-ring (bicyclic) bond motifs is 4. The van der Waals surface area contributed by atoms with Gasteiger partial charge < -0.3 is 9.88 Å². The largest absolute Gasteiger partial charge is 0.348 e. The highest BCUT2D eigenvalue weighted by atomic mass is 16.2. The number of carbonyl (C=O) groups is 1. The maximum absolute atomic E-state index is 13.3. The van der Waals surface area contributed by atoms with Gasteiger partial charge in [0.15, 0.2) is 0 Å². The van der Waals surface area contributed by atoms with Gasteiger partial charge in [-0.15, -0.1) is 0 Å². The van der Waals surface area contributed by atoms with Gasteiger partial charge in [0.05, 0.1) is 12.2 Å². The zero-order chi connectivity index (χ0) is 21.4. The first-order valence-electron chi connectivity index (χ1n) is 11.0. The number of aryl methyl sites for hydroxylation is 2. The molecule has 2 aromatic carbocycles. The zero-order valence-electron chi connectivity index (χ0n) is 17.7. The lowest BCUT2D eigenvalue weighted by molar-refractivity contribution is -0.122. The third-order valence-electron chi connectivity index (χ3n) is 6.22. The van der Waals surface area contributed by atoms with Gasteiger partial charge in [-0.1, -0.05) is 49.4 Å². The summed E-state index contributed by atoms with van der Waals surface area (Å²) in [6.07, 6.45) is 5.63. The summed E-state index contributed by atoms with van der Waals surface area (Å²) in [6.45, 7) is 2.76. The van der Waals surface area contributed by atoms with Crippen molar-refractivity contribution in [2.24, 2.45) is 0 Å². The first-order chi connectivity index (χ1) is 15.2. The molecule has 5 rings (SSSR count). The number of benzene rings is 2. The highest BCUT2D eigenvalue weighted by Crippen LogP contribution is 2.29. The van der Waals surface area contributed by atoms with E-state index in [1.54, 1.807) is 6.20 Å². The molecule has 1 amide bonds. The fraction of sp³-hybridized carbons (Fsp3) is 0.320. The van der Waals surface area contributed by atoms with Crippen LogP contribution in [0.25, 0.3) is 21.8 Å². The van der Waals surface area contributed by atoms with Crippen LogP contribution in [0.5, 0.6) is 0 Å². The van der Waals surface area contributed by atoms with Gasteiger partial charge in [0, 0.05) is 22.8 Å². The van der Waals surface area contributed by atoms with Crippen molar-refractivity contribution in [2.75, 3.05) is 0 Å². The average Bonchev–Trinajstić information content (AvgIpc) is 3.11. The normalized spacial score (nSPS) is 15.8. The van der Waals surface area contributed by atoms with E-state index in [4.69, 9.17) is 0 Å². The Morgan fingerprint density at radius 2 is 1.94 bits per heavy atom. The van der Waals surface area contributed by atoms with Crippen molar-refractivity contribution in [1.29, 1.82) is 0 Å². The van der Waals surface area contributed by atoms with Gasteiger partial charge in [0.25, 0.3) is 5.56 Å². The molecule has 4 aromatic rings. The van der Waals surface area contributed by atoms with Gasteiger partial charge in [0.2, 0.25) is 5.91 Å². The van der Waals surface area contributed by atoms with Crippen molar-refractivity contribution < 1.29 is 4.79 Å². The second kappa shape index (κ2) is 8.02. The van der Waals surface area contributed by atoms with Crippen LogP contribution in [0.2, 0.25) is 0 Å².